The molecule has 4 fully saturated rings. The van der Waals surface area contributed by atoms with Gasteiger partial charge in [0, 0.05) is 6.04 Å². The molecule has 4 bridgehead atoms. The van der Waals surface area contributed by atoms with Crippen LogP contribution in [0.25, 0.3) is 0 Å². The fourth-order valence-electron chi connectivity index (χ4n) is 6.68. The SMILES string of the molecule is C=CCn1c(=O)n(CC=C)c(=O)n(CC(=O)N[C@@H](C)C23CC4CC(CC(C4)C2)C3)c1=O. The van der Waals surface area contributed by atoms with Crippen molar-refractivity contribution in [2.75, 3.05) is 0 Å². The predicted octanol–water partition coefficient (Wildman–Crippen LogP) is 1.26. The number of hydrogen-bond donors (Lipinski definition) is 1. The minimum absolute atomic E-state index is 0.0152. The maximum Gasteiger partial charge on any atom is 0.337 e. The molecule has 31 heavy (non-hydrogen) atoms. The third-order valence-electron chi connectivity index (χ3n) is 7.69. The van der Waals surface area contributed by atoms with Gasteiger partial charge in [-0.25, -0.2) is 28.1 Å². The Morgan fingerprint density at radius 1 is 0.935 bits per heavy atom. The molecule has 0 aliphatic heterocycles. The molecule has 1 aromatic rings. The summed E-state index contributed by atoms with van der Waals surface area (Å²) < 4.78 is 2.65. The molecule has 4 aliphatic rings. The zero-order chi connectivity index (χ0) is 22.3. The minimum Gasteiger partial charge on any atom is -0.352 e. The number of amides is 1. The lowest BCUT2D eigenvalue weighted by molar-refractivity contribution is -0.126. The highest BCUT2D eigenvalue weighted by molar-refractivity contribution is 5.76. The molecule has 1 aromatic heterocycles. The van der Waals surface area contributed by atoms with Gasteiger partial charge in [0.2, 0.25) is 5.91 Å². The van der Waals surface area contributed by atoms with Gasteiger partial charge in [-0.2, -0.15) is 0 Å². The standard InChI is InChI=1S/C23H32N4O4/c1-4-6-25-20(29)26(7-5-2)22(31)27(21(25)30)14-19(28)24-15(3)23-11-16-8-17(12-23)10-18(9-16)13-23/h4-5,15-18H,1-2,6-14H2,3H3,(H,24,28)/t15-,16?,17?,18?,23?/m0/s1. The molecule has 1 amide bonds. The molecule has 1 atom stereocenters. The quantitative estimate of drug-likeness (QED) is 0.631. The maximum atomic E-state index is 12.9. The Morgan fingerprint density at radius 3 is 1.77 bits per heavy atom. The Bertz CT molecular complexity index is 993. The van der Waals surface area contributed by atoms with Gasteiger partial charge < -0.3 is 5.32 Å². The molecule has 1 N–H and O–H groups in total. The van der Waals surface area contributed by atoms with Crippen LogP contribution in [0, 0.1) is 23.2 Å². The fraction of sp³-hybridized carbons (Fsp3) is 0.652. The van der Waals surface area contributed by atoms with Gasteiger partial charge in [-0.1, -0.05) is 12.2 Å². The van der Waals surface area contributed by atoms with E-state index in [2.05, 4.69) is 25.4 Å². The number of carbonyl (C=O) groups is 1. The van der Waals surface area contributed by atoms with Gasteiger partial charge in [-0.15, -0.1) is 13.2 Å². The lowest BCUT2D eigenvalue weighted by Crippen LogP contribution is -2.58. The summed E-state index contributed by atoms with van der Waals surface area (Å²) in [7, 11) is 0. The number of nitrogens with one attached hydrogen (secondary N) is 1. The first-order chi connectivity index (χ1) is 14.8. The van der Waals surface area contributed by atoms with Crippen LogP contribution in [-0.2, 0) is 24.4 Å². The molecular weight excluding hydrogens is 396 g/mol. The molecular formula is C23H32N4O4. The number of carbonyl (C=O) groups excluding carboxylic acids is 1. The van der Waals surface area contributed by atoms with Crippen molar-refractivity contribution in [3.8, 4) is 0 Å². The smallest absolute Gasteiger partial charge is 0.337 e. The molecule has 0 unspecified atom stereocenters. The van der Waals surface area contributed by atoms with E-state index in [1.165, 1.54) is 31.4 Å². The van der Waals surface area contributed by atoms with Gasteiger partial charge in [0.1, 0.15) is 6.54 Å². The number of rotatable bonds is 8. The van der Waals surface area contributed by atoms with Crippen molar-refractivity contribution in [3.05, 3.63) is 56.8 Å². The average Bonchev–Trinajstić information content (AvgIpc) is 2.71. The highest BCUT2D eigenvalue weighted by Gasteiger charge is 2.53. The van der Waals surface area contributed by atoms with E-state index in [-0.39, 0.29) is 30.5 Å². The lowest BCUT2D eigenvalue weighted by Gasteiger charge is -2.59. The minimum atomic E-state index is -0.798. The Labute approximate surface area is 181 Å². The van der Waals surface area contributed by atoms with Gasteiger partial charge in [0.05, 0.1) is 13.1 Å². The highest BCUT2D eigenvalue weighted by atomic mass is 16.2. The average molecular weight is 429 g/mol. The summed E-state index contributed by atoms with van der Waals surface area (Å²) in [5, 5.41) is 3.08. The second kappa shape index (κ2) is 8.13. The van der Waals surface area contributed by atoms with E-state index in [1.807, 2.05) is 0 Å². The number of allylic oxidation sites excluding steroid dienone is 2. The van der Waals surface area contributed by atoms with Crippen LogP contribution in [0.4, 0.5) is 0 Å². The monoisotopic (exact) mass is 428 g/mol. The Hall–Kier alpha value is -2.64. The summed E-state index contributed by atoms with van der Waals surface area (Å²) >= 11 is 0. The number of hydrogen-bond acceptors (Lipinski definition) is 4. The normalized spacial score (nSPS) is 29.5. The molecule has 8 nitrogen and oxygen atoms in total. The van der Waals surface area contributed by atoms with E-state index in [4.69, 9.17) is 0 Å². The van der Waals surface area contributed by atoms with Crippen LogP contribution >= 0.6 is 0 Å². The van der Waals surface area contributed by atoms with Crippen LogP contribution in [0.1, 0.15) is 45.4 Å². The van der Waals surface area contributed by atoms with Crippen molar-refractivity contribution in [2.45, 2.75) is 71.1 Å². The second-order valence-electron chi connectivity index (χ2n) is 9.80. The maximum absolute atomic E-state index is 12.9. The topological polar surface area (TPSA) is 95.1 Å². The van der Waals surface area contributed by atoms with Gasteiger partial charge in [0.15, 0.2) is 0 Å². The summed E-state index contributed by atoms with van der Waals surface area (Å²) in [5.74, 6) is 1.92. The largest absolute Gasteiger partial charge is 0.352 e. The number of aromatic nitrogens is 3. The van der Waals surface area contributed by atoms with E-state index in [1.54, 1.807) is 0 Å². The van der Waals surface area contributed by atoms with Crippen molar-refractivity contribution in [1.29, 1.82) is 0 Å². The molecule has 0 spiro atoms. The summed E-state index contributed by atoms with van der Waals surface area (Å²) in [5.41, 5.74) is -2.20. The molecule has 5 rings (SSSR count). The van der Waals surface area contributed by atoms with Crippen LogP contribution in [-0.4, -0.2) is 25.7 Å². The van der Waals surface area contributed by atoms with E-state index < -0.39 is 23.6 Å². The summed E-state index contributed by atoms with van der Waals surface area (Å²) in [6.45, 7) is 8.68. The van der Waals surface area contributed by atoms with E-state index >= 15 is 0 Å². The molecule has 4 aliphatic carbocycles. The Morgan fingerprint density at radius 2 is 1.35 bits per heavy atom. The first-order valence-electron chi connectivity index (χ1n) is 11.2. The Kier molecular flexibility index (Phi) is 5.66. The van der Waals surface area contributed by atoms with Crippen molar-refractivity contribution in [1.82, 2.24) is 19.0 Å². The summed E-state index contributed by atoms with van der Waals surface area (Å²) in [6.07, 6.45) is 10.2. The zero-order valence-electron chi connectivity index (χ0n) is 18.2. The van der Waals surface area contributed by atoms with Crippen molar-refractivity contribution in [2.24, 2.45) is 23.2 Å². The van der Waals surface area contributed by atoms with Crippen LogP contribution in [0.2, 0.25) is 0 Å². The molecule has 8 heteroatoms. The third kappa shape index (κ3) is 3.77. The van der Waals surface area contributed by atoms with Crippen LogP contribution in [0.5, 0.6) is 0 Å². The molecule has 168 valence electrons. The van der Waals surface area contributed by atoms with Crippen molar-refractivity contribution >= 4 is 5.91 Å². The fourth-order valence-corrected chi connectivity index (χ4v) is 6.68. The molecule has 4 saturated carbocycles. The molecule has 1 heterocycles. The van der Waals surface area contributed by atoms with Crippen LogP contribution in [0.15, 0.2) is 39.7 Å². The van der Waals surface area contributed by atoms with E-state index in [9.17, 15) is 19.2 Å². The molecule has 0 radical (unpaired) electrons. The predicted molar refractivity (Wildman–Crippen MR) is 118 cm³/mol. The van der Waals surface area contributed by atoms with Crippen LogP contribution in [0.3, 0.4) is 0 Å². The zero-order valence-corrected chi connectivity index (χ0v) is 18.2. The van der Waals surface area contributed by atoms with Crippen molar-refractivity contribution in [3.63, 3.8) is 0 Å². The van der Waals surface area contributed by atoms with Crippen molar-refractivity contribution < 1.29 is 4.79 Å². The van der Waals surface area contributed by atoms with E-state index in [0.717, 1.165) is 50.7 Å². The number of nitrogens with zero attached hydrogens (tertiary/aromatic N) is 3. The first kappa shape index (κ1) is 21.6. The molecule has 0 saturated heterocycles. The van der Waals surface area contributed by atoms with Gasteiger partial charge in [0.25, 0.3) is 0 Å². The molecule has 0 aromatic carbocycles. The van der Waals surface area contributed by atoms with Gasteiger partial charge in [-0.05, 0) is 68.6 Å². The van der Waals surface area contributed by atoms with Crippen LogP contribution < -0.4 is 22.4 Å². The lowest BCUT2D eigenvalue weighted by atomic mass is 9.48. The highest BCUT2D eigenvalue weighted by Crippen LogP contribution is 2.61. The Balaban J connectivity index is 1.57. The van der Waals surface area contributed by atoms with E-state index in [0.29, 0.717) is 0 Å². The second-order valence-corrected chi connectivity index (χ2v) is 9.80. The van der Waals surface area contributed by atoms with Gasteiger partial charge >= 0.3 is 17.1 Å². The summed E-state index contributed by atoms with van der Waals surface area (Å²) in [6, 6.07) is -0.0152. The summed E-state index contributed by atoms with van der Waals surface area (Å²) in [4.78, 5) is 50.9. The first-order valence-corrected chi connectivity index (χ1v) is 11.2. The van der Waals surface area contributed by atoms with Gasteiger partial charge in [-0.3, -0.25) is 4.79 Å². The third-order valence-corrected chi connectivity index (χ3v) is 7.69.